The van der Waals surface area contributed by atoms with Crippen molar-refractivity contribution in [3.63, 3.8) is 0 Å². The van der Waals surface area contributed by atoms with Gasteiger partial charge in [-0.25, -0.2) is 0 Å². The summed E-state index contributed by atoms with van der Waals surface area (Å²) < 4.78 is 6.95. The van der Waals surface area contributed by atoms with Gasteiger partial charge in [0, 0.05) is 10.5 Å². The number of rotatable bonds is 2. The summed E-state index contributed by atoms with van der Waals surface area (Å²) in [5.74, 6) is 0.917. The third-order valence-corrected chi connectivity index (χ3v) is 3.38. The van der Waals surface area contributed by atoms with E-state index in [1.807, 2.05) is 24.3 Å². The van der Waals surface area contributed by atoms with Gasteiger partial charge in [0.1, 0.15) is 11.9 Å². The first kappa shape index (κ1) is 11.0. The molecule has 2 N–H and O–H groups in total. The highest BCUT2D eigenvalue weighted by Crippen LogP contribution is 2.23. The number of hydrogen-bond donors (Lipinski definition) is 1. The number of hydrogen-bond acceptors (Lipinski definition) is 2. The molecule has 0 unspecified atom stereocenters. The van der Waals surface area contributed by atoms with Crippen molar-refractivity contribution < 1.29 is 4.74 Å². The number of nitrogens with two attached hydrogens (primary N) is 1. The van der Waals surface area contributed by atoms with Gasteiger partial charge in [0.2, 0.25) is 0 Å². The lowest BCUT2D eigenvalue weighted by molar-refractivity contribution is 0.132. The van der Waals surface area contributed by atoms with Crippen molar-refractivity contribution in [2.45, 2.75) is 37.8 Å². The Labute approximate surface area is 98.9 Å². The van der Waals surface area contributed by atoms with Crippen molar-refractivity contribution in [1.29, 1.82) is 0 Å². The molecule has 0 radical (unpaired) electrons. The normalized spacial score (nSPS) is 26.3. The van der Waals surface area contributed by atoms with Crippen LogP contribution in [0, 0.1) is 0 Å². The topological polar surface area (TPSA) is 35.2 Å². The molecule has 1 aliphatic rings. The Kier molecular flexibility index (Phi) is 3.65. The Morgan fingerprint density at radius 3 is 2.47 bits per heavy atom. The SMILES string of the molecule is N[C@H]1CCCC[C@H]1Oc1ccc(Br)cc1. The molecule has 1 aromatic carbocycles. The van der Waals surface area contributed by atoms with Gasteiger partial charge >= 0.3 is 0 Å². The fourth-order valence-electron chi connectivity index (χ4n) is 1.96. The molecule has 0 spiro atoms. The molecular formula is C12H16BrNO. The van der Waals surface area contributed by atoms with Crippen LogP contribution in [0.25, 0.3) is 0 Å². The molecule has 0 aromatic heterocycles. The molecule has 0 bridgehead atoms. The van der Waals surface area contributed by atoms with Crippen LogP contribution in [0.5, 0.6) is 5.75 Å². The van der Waals surface area contributed by atoms with Gasteiger partial charge in [0.05, 0.1) is 0 Å². The third kappa shape index (κ3) is 2.95. The summed E-state index contributed by atoms with van der Waals surface area (Å²) in [6.07, 6.45) is 4.83. The van der Waals surface area contributed by atoms with Crippen molar-refractivity contribution in [2.24, 2.45) is 5.73 Å². The molecule has 3 heteroatoms. The van der Waals surface area contributed by atoms with E-state index in [4.69, 9.17) is 10.5 Å². The Morgan fingerprint density at radius 2 is 1.80 bits per heavy atom. The molecule has 82 valence electrons. The molecule has 2 nitrogen and oxygen atoms in total. The fourth-order valence-corrected chi connectivity index (χ4v) is 2.22. The Balaban J connectivity index is 1.98. The zero-order valence-corrected chi connectivity index (χ0v) is 10.2. The van der Waals surface area contributed by atoms with Gasteiger partial charge in [-0.3, -0.25) is 0 Å². The monoisotopic (exact) mass is 269 g/mol. The van der Waals surface area contributed by atoms with Crippen LogP contribution in [0.2, 0.25) is 0 Å². The predicted octanol–water partition coefficient (Wildman–Crippen LogP) is 3.10. The summed E-state index contributed by atoms with van der Waals surface area (Å²) in [7, 11) is 0. The second-order valence-corrected chi connectivity index (χ2v) is 4.97. The number of ether oxygens (including phenoxy) is 1. The molecule has 0 saturated heterocycles. The lowest BCUT2D eigenvalue weighted by Gasteiger charge is -2.29. The van der Waals surface area contributed by atoms with Crippen LogP contribution >= 0.6 is 15.9 Å². The van der Waals surface area contributed by atoms with Crippen LogP contribution < -0.4 is 10.5 Å². The lowest BCUT2D eigenvalue weighted by Crippen LogP contribution is -2.41. The zero-order chi connectivity index (χ0) is 10.7. The summed E-state index contributed by atoms with van der Waals surface area (Å²) in [6.45, 7) is 0. The third-order valence-electron chi connectivity index (χ3n) is 2.85. The summed E-state index contributed by atoms with van der Waals surface area (Å²) in [4.78, 5) is 0. The number of halogens is 1. The first-order valence-electron chi connectivity index (χ1n) is 5.43. The van der Waals surface area contributed by atoms with Gasteiger partial charge in [-0.15, -0.1) is 0 Å². The minimum Gasteiger partial charge on any atom is -0.489 e. The molecule has 0 aliphatic heterocycles. The average molecular weight is 270 g/mol. The van der Waals surface area contributed by atoms with Crippen molar-refractivity contribution in [2.75, 3.05) is 0 Å². The maximum Gasteiger partial charge on any atom is 0.119 e. The highest BCUT2D eigenvalue weighted by molar-refractivity contribution is 9.10. The Hall–Kier alpha value is -0.540. The van der Waals surface area contributed by atoms with Crippen LogP contribution in [-0.4, -0.2) is 12.1 Å². The van der Waals surface area contributed by atoms with E-state index in [9.17, 15) is 0 Å². The van der Waals surface area contributed by atoms with Gasteiger partial charge in [-0.2, -0.15) is 0 Å². The van der Waals surface area contributed by atoms with Gasteiger partial charge in [0.15, 0.2) is 0 Å². The van der Waals surface area contributed by atoms with E-state index in [1.54, 1.807) is 0 Å². The van der Waals surface area contributed by atoms with Crippen LogP contribution in [0.4, 0.5) is 0 Å². The van der Waals surface area contributed by atoms with Crippen LogP contribution in [0.1, 0.15) is 25.7 Å². The summed E-state index contributed by atoms with van der Waals surface area (Å²) in [5.41, 5.74) is 6.02. The second kappa shape index (κ2) is 4.99. The average Bonchev–Trinajstić information content (AvgIpc) is 2.25. The minimum absolute atomic E-state index is 0.194. The molecular weight excluding hydrogens is 254 g/mol. The van der Waals surface area contributed by atoms with E-state index in [1.165, 1.54) is 12.8 Å². The number of benzene rings is 1. The minimum atomic E-state index is 0.194. The standard InChI is InChI=1S/C12H16BrNO/c13-9-5-7-10(8-6-9)15-12-4-2-1-3-11(12)14/h5-8,11-12H,1-4,14H2/t11-,12+/m0/s1. The van der Waals surface area contributed by atoms with Gasteiger partial charge in [0.25, 0.3) is 0 Å². The maximum absolute atomic E-state index is 6.02. The smallest absolute Gasteiger partial charge is 0.119 e. The molecule has 0 heterocycles. The van der Waals surface area contributed by atoms with E-state index in [-0.39, 0.29) is 12.1 Å². The maximum atomic E-state index is 6.02. The van der Waals surface area contributed by atoms with Crippen molar-refractivity contribution >= 4 is 15.9 Å². The van der Waals surface area contributed by atoms with E-state index in [0.717, 1.165) is 23.1 Å². The van der Waals surface area contributed by atoms with E-state index < -0.39 is 0 Å². The van der Waals surface area contributed by atoms with Crippen molar-refractivity contribution in [1.82, 2.24) is 0 Å². The Morgan fingerprint density at radius 1 is 1.13 bits per heavy atom. The summed E-state index contributed by atoms with van der Waals surface area (Å²) >= 11 is 3.40. The molecule has 0 amide bonds. The van der Waals surface area contributed by atoms with Gasteiger partial charge in [-0.05, 0) is 43.5 Å². The highest BCUT2D eigenvalue weighted by Gasteiger charge is 2.23. The van der Waals surface area contributed by atoms with Crippen molar-refractivity contribution in [3.8, 4) is 5.75 Å². The quantitative estimate of drug-likeness (QED) is 0.896. The second-order valence-electron chi connectivity index (χ2n) is 4.06. The molecule has 1 aromatic rings. The largest absolute Gasteiger partial charge is 0.489 e. The van der Waals surface area contributed by atoms with E-state index >= 15 is 0 Å². The molecule has 1 aliphatic carbocycles. The van der Waals surface area contributed by atoms with Crippen LogP contribution in [0.15, 0.2) is 28.7 Å². The Bertz CT molecular complexity index is 312. The van der Waals surface area contributed by atoms with Crippen molar-refractivity contribution in [3.05, 3.63) is 28.7 Å². The van der Waals surface area contributed by atoms with Gasteiger partial charge in [-0.1, -0.05) is 22.4 Å². The summed E-state index contributed by atoms with van der Waals surface area (Å²) in [5, 5.41) is 0. The van der Waals surface area contributed by atoms with E-state index in [0.29, 0.717) is 0 Å². The molecule has 1 fully saturated rings. The van der Waals surface area contributed by atoms with Crippen LogP contribution in [-0.2, 0) is 0 Å². The van der Waals surface area contributed by atoms with Crippen LogP contribution in [0.3, 0.4) is 0 Å². The first-order chi connectivity index (χ1) is 7.25. The zero-order valence-electron chi connectivity index (χ0n) is 8.66. The summed E-state index contributed by atoms with van der Waals surface area (Å²) in [6, 6.07) is 8.13. The fraction of sp³-hybridized carbons (Fsp3) is 0.500. The molecule has 15 heavy (non-hydrogen) atoms. The van der Waals surface area contributed by atoms with Gasteiger partial charge < -0.3 is 10.5 Å². The van der Waals surface area contributed by atoms with E-state index in [2.05, 4.69) is 15.9 Å². The molecule has 2 rings (SSSR count). The highest BCUT2D eigenvalue weighted by atomic mass is 79.9. The molecule has 1 saturated carbocycles. The lowest BCUT2D eigenvalue weighted by atomic mass is 9.93. The first-order valence-corrected chi connectivity index (χ1v) is 6.23. The molecule has 2 atom stereocenters. The predicted molar refractivity (Wildman–Crippen MR) is 65.0 cm³/mol.